The van der Waals surface area contributed by atoms with Crippen LogP contribution in [0.1, 0.15) is 57.8 Å². The van der Waals surface area contributed by atoms with Gasteiger partial charge in [0.1, 0.15) is 0 Å². The van der Waals surface area contributed by atoms with Crippen LogP contribution < -0.4 is 5.32 Å². The van der Waals surface area contributed by atoms with Gasteiger partial charge in [-0.25, -0.2) is 0 Å². The van der Waals surface area contributed by atoms with Gasteiger partial charge in [-0.3, -0.25) is 4.79 Å². The Morgan fingerprint density at radius 3 is 2.50 bits per heavy atom. The highest BCUT2D eigenvalue weighted by atomic mass is 35.5. The predicted octanol–water partition coefficient (Wildman–Crippen LogP) is 2.98. The molecule has 0 radical (unpaired) electrons. The largest absolute Gasteiger partial charge is 0.342 e. The Morgan fingerprint density at radius 2 is 1.80 bits per heavy atom. The Balaban J connectivity index is 0.00000147. The number of carbonyl (C=O) groups excluding carboxylic acids is 1. The maximum Gasteiger partial charge on any atom is 0.222 e. The second kappa shape index (κ2) is 7.13. The third-order valence-electron chi connectivity index (χ3n) is 5.64. The summed E-state index contributed by atoms with van der Waals surface area (Å²) in [6, 6.07) is 0. The van der Waals surface area contributed by atoms with E-state index >= 15 is 0 Å². The van der Waals surface area contributed by atoms with Gasteiger partial charge in [-0.05, 0) is 56.5 Å². The van der Waals surface area contributed by atoms with E-state index in [9.17, 15) is 4.79 Å². The van der Waals surface area contributed by atoms with E-state index in [4.69, 9.17) is 0 Å². The van der Waals surface area contributed by atoms with Crippen LogP contribution in [0, 0.1) is 11.3 Å². The maximum absolute atomic E-state index is 12.4. The van der Waals surface area contributed by atoms with Gasteiger partial charge in [-0.1, -0.05) is 19.3 Å². The van der Waals surface area contributed by atoms with Gasteiger partial charge >= 0.3 is 0 Å². The second-order valence-corrected chi connectivity index (χ2v) is 7.02. The Hall–Kier alpha value is -0.280. The molecule has 0 aromatic carbocycles. The highest BCUT2D eigenvalue weighted by Gasteiger charge is 2.40. The van der Waals surface area contributed by atoms with E-state index in [0.717, 1.165) is 32.6 Å². The smallest absolute Gasteiger partial charge is 0.222 e. The van der Waals surface area contributed by atoms with Gasteiger partial charge < -0.3 is 10.2 Å². The van der Waals surface area contributed by atoms with Crippen LogP contribution in [-0.2, 0) is 4.79 Å². The Labute approximate surface area is 129 Å². The van der Waals surface area contributed by atoms with Crippen LogP contribution in [0.3, 0.4) is 0 Å². The fourth-order valence-electron chi connectivity index (χ4n) is 4.28. The van der Waals surface area contributed by atoms with Crippen molar-refractivity contribution in [3.05, 3.63) is 0 Å². The van der Waals surface area contributed by atoms with E-state index in [1.165, 1.54) is 51.4 Å². The number of nitrogens with one attached hydrogen (secondary N) is 1. The summed E-state index contributed by atoms with van der Waals surface area (Å²) < 4.78 is 0. The molecule has 0 aromatic rings. The van der Waals surface area contributed by atoms with Crippen LogP contribution >= 0.6 is 12.4 Å². The molecular weight excluding hydrogens is 272 g/mol. The van der Waals surface area contributed by atoms with Crippen molar-refractivity contribution in [2.75, 3.05) is 26.2 Å². The van der Waals surface area contributed by atoms with Gasteiger partial charge in [0, 0.05) is 19.5 Å². The zero-order valence-electron chi connectivity index (χ0n) is 12.5. The molecule has 1 N–H and O–H groups in total. The number of hydrogen-bond acceptors (Lipinski definition) is 2. The average Bonchev–Trinajstić information content (AvgIpc) is 2.85. The highest BCUT2D eigenvalue weighted by Crippen LogP contribution is 2.39. The molecule has 3 nitrogen and oxygen atoms in total. The van der Waals surface area contributed by atoms with E-state index in [0.29, 0.717) is 17.2 Å². The van der Waals surface area contributed by atoms with E-state index < -0.39 is 0 Å². The lowest BCUT2D eigenvalue weighted by molar-refractivity contribution is -0.131. The number of halogens is 1. The summed E-state index contributed by atoms with van der Waals surface area (Å²) in [5.41, 5.74) is 0.466. The maximum atomic E-state index is 12.4. The molecule has 3 rings (SSSR count). The van der Waals surface area contributed by atoms with Crippen LogP contribution in [0.5, 0.6) is 0 Å². The van der Waals surface area contributed by atoms with Crippen LogP contribution in [0.15, 0.2) is 0 Å². The number of piperidine rings is 1. The molecule has 3 fully saturated rings. The molecule has 0 aromatic heterocycles. The third-order valence-corrected chi connectivity index (χ3v) is 5.64. The van der Waals surface area contributed by atoms with E-state index in [1.807, 2.05) is 0 Å². The van der Waals surface area contributed by atoms with Crippen molar-refractivity contribution in [2.45, 2.75) is 57.8 Å². The standard InChI is InChI=1S/C16H28N2O.ClH/c19-15(12-14-4-2-1-3-5-14)18-11-8-16(13-18)6-9-17-10-7-16;/h14,17H,1-13H2;1H. The Kier molecular flexibility index (Phi) is 5.74. The molecule has 2 aliphatic heterocycles. The van der Waals surface area contributed by atoms with Gasteiger partial charge in [0.2, 0.25) is 5.91 Å². The first kappa shape index (κ1) is 16.1. The number of hydrogen-bond donors (Lipinski definition) is 1. The molecule has 1 amide bonds. The van der Waals surface area contributed by atoms with Crippen LogP contribution in [0.25, 0.3) is 0 Å². The molecule has 2 saturated heterocycles. The number of likely N-dealkylation sites (tertiary alicyclic amines) is 1. The Bertz CT molecular complexity index is 322. The Morgan fingerprint density at radius 1 is 1.10 bits per heavy atom. The SMILES string of the molecule is Cl.O=C(CC1CCCCC1)N1CCC2(CCNCC2)C1. The third kappa shape index (κ3) is 3.67. The molecule has 1 spiro atoms. The van der Waals surface area contributed by atoms with Crippen molar-refractivity contribution in [3.8, 4) is 0 Å². The topological polar surface area (TPSA) is 32.3 Å². The van der Waals surface area contributed by atoms with Crippen LogP contribution in [-0.4, -0.2) is 37.0 Å². The number of carbonyl (C=O) groups is 1. The van der Waals surface area contributed by atoms with Crippen molar-refractivity contribution in [1.82, 2.24) is 10.2 Å². The lowest BCUT2D eigenvalue weighted by Gasteiger charge is -2.34. The molecule has 20 heavy (non-hydrogen) atoms. The number of nitrogens with zero attached hydrogens (tertiary/aromatic N) is 1. The molecule has 0 atom stereocenters. The van der Waals surface area contributed by atoms with Crippen LogP contribution in [0.2, 0.25) is 0 Å². The molecule has 0 bridgehead atoms. The summed E-state index contributed by atoms with van der Waals surface area (Å²) >= 11 is 0. The molecule has 116 valence electrons. The molecule has 4 heteroatoms. The minimum absolute atomic E-state index is 0. The van der Waals surface area contributed by atoms with Crippen molar-refractivity contribution >= 4 is 18.3 Å². The van der Waals surface area contributed by atoms with E-state index in [-0.39, 0.29) is 12.4 Å². The summed E-state index contributed by atoms with van der Waals surface area (Å²) in [4.78, 5) is 14.6. The van der Waals surface area contributed by atoms with Crippen molar-refractivity contribution in [3.63, 3.8) is 0 Å². The lowest BCUT2D eigenvalue weighted by Crippen LogP contribution is -2.40. The van der Waals surface area contributed by atoms with E-state index in [2.05, 4.69) is 10.2 Å². The average molecular weight is 301 g/mol. The molecule has 1 saturated carbocycles. The summed E-state index contributed by atoms with van der Waals surface area (Å²) in [6.45, 7) is 4.35. The highest BCUT2D eigenvalue weighted by molar-refractivity contribution is 5.85. The molecule has 1 aliphatic carbocycles. The monoisotopic (exact) mass is 300 g/mol. The quantitative estimate of drug-likeness (QED) is 0.850. The number of amides is 1. The first-order valence-corrected chi connectivity index (χ1v) is 8.26. The minimum atomic E-state index is 0. The van der Waals surface area contributed by atoms with E-state index in [1.54, 1.807) is 0 Å². The fraction of sp³-hybridized carbons (Fsp3) is 0.938. The first-order chi connectivity index (χ1) is 9.27. The summed E-state index contributed by atoms with van der Waals surface area (Å²) in [5.74, 6) is 1.13. The molecule has 0 unspecified atom stereocenters. The normalized spacial score (nSPS) is 26.5. The fourth-order valence-corrected chi connectivity index (χ4v) is 4.28. The van der Waals surface area contributed by atoms with Gasteiger partial charge in [0.05, 0.1) is 0 Å². The summed E-state index contributed by atoms with van der Waals surface area (Å²) in [7, 11) is 0. The van der Waals surface area contributed by atoms with Crippen molar-refractivity contribution in [2.24, 2.45) is 11.3 Å². The zero-order valence-corrected chi connectivity index (χ0v) is 13.3. The molecule has 3 aliphatic rings. The van der Waals surface area contributed by atoms with Gasteiger partial charge in [0.15, 0.2) is 0 Å². The predicted molar refractivity (Wildman–Crippen MR) is 84.2 cm³/mol. The van der Waals surface area contributed by atoms with Gasteiger partial charge in [-0.15, -0.1) is 12.4 Å². The number of rotatable bonds is 2. The van der Waals surface area contributed by atoms with Crippen LogP contribution in [0.4, 0.5) is 0 Å². The zero-order chi connectivity index (χ0) is 13.1. The van der Waals surface area contributed by atoms with Gasteiger partial charge in [0.25, 0.3) is 0 Å². The van der Waals surface area contributed by atoms with Crippen molar-refractivity contribution in [1.29, 1.82) is 0 Å². The lowest BCUT2D eigenvalue weighted by atomic mass is 9.78. The summed E-state index contributed by atoms with van der Waals surface area (Å²) in [5, 5.41) is 3.44. The summed E-state index contributed by atoms with van der Waals surface area (Å²) in [6.07, 6.45) is 11.2. The molecular formula is C16H29ClN2O. The first-order valence-electron chi connectivity index (χ1n) is 8.26. The van der Waals surface area contributed by atoms with Gasteiger partial charge in [-0.2, -0.15) is 0 Å². The minimum Gasteiger partial charge on any atom is -0.342 e. The molecule has 2 heterocycles. The van der Waals surface area contributed by atoms with Crippen molar-refractivity contribution < 1.29 is 4.79 Å². The second-order valence-electron chi connectivity index (χ2n) is 7.02.